The van der Waals surface area contributed by atoms with Gasteiger partial charge in [0.15, 0.2) is 0 Å². The quantitative estimate of drug-likeness (QED) is 0.905. The van der Waals surface area contributed by atoms with E-state index in [-0.39, 0.29) is 5.60 Å². The van der Waals surface area contributed by atoms with E-state index in [0.717, 1.165) is 19.6 Å². The van der Waals surface area contributed by atoms with Gasteiger partial charge in [0.1, 0.15) is 0 Å². The number of nitrogens with zero attached hydrogens (tertiary/aromatic N) is 2. The highest BCUT2D eigenvalue weighted by molar-refractivity contribution is 5.16. The van der Waals surface area contributed by atoms with E-state index in [4.69, 9.17) is 4.74 Å². The molecule has 1 aliphatic heterocycles. The molecule has 4 nitrogen and oxygen atoms in total. The van der Waals surface area contributed by atoms with Gasteiger partial charge in [-0.3, -0.25) is 4.68 Å². The van der Waals surface area contributed by atoms with Crippen molar-refractivity contribution in [3.05, 3.63) is 17.5 Å². The minimum Gasteiger partial charge on any atom is -0.370 e. The summed E-state index contributed by atoms with van der Waals surface area (Å²) in [6.45, 7) is 7.14. The minimum absolute atomic E-state index is 0.219. The highest BCUT2D eigenvalue weighted by Crippen LogP contribution is 2.42. The number of rotatable bonds is 5. The van der Waals surface area contributed by atoms with Crippen molar-refractivity contribution in [1.29, 1.82) is 0 Å². The molecule has 118 valence electrons. The first-order valence-electron chi connectivity index (χ1n) is 8.62. The molecule has 0 bridgehead atoms. The standard InChI is InChI=1S/C17H29N3O/c1-3-18-11-15-12-19-20(14(15)2)13-16-7-10-17(21-16)8-5-4-6-9-17/h12,16,18H,3-11,13H2,1-2H3. The Bertz CT molecular complexity index is 463. The molecule has 1 unspecified atom stereocenters. The van der Waals surface area contributed by atoms with Crippen molar-refractivity contribution in [3.63, 3.8) is 0 Å². The molecule has 1 saturated heterocycles. The number of hydrogen-bond acceptors (Lipinski definition) is 3. The molecule has 1 saturated carbocycles. The molecule has 1 aromatic rings. The van der Waals surface area contributed by atoms with E-state index < -0.39 is 0 Å². The fourth-order valence-corrected chi connectivity index (χ4v) is 3.88. The second-order valence-electron chi connectivity index (χ2n) is 6.74. The predicted octanol–water partition coefficient (Wildman–Crippen LogP) is 3.18. The lowest BCUT2D eigenvalue weighted by molar-refractivity contribution is -0.0690. The molecule has 1 aliphatic carbocycles. The Morgan fingerprint density at radius 2 is 2.14 bits per heavy atom. The summed E-state index contributed by atoms with van der Waals surface area (Å²) in [5.74, 6) is 0. The van der Waals surface area contributed by atoms with Gasteiger partial charge >= 0.3 is 0 Å². The lowest BCUT2D eigenvalue weighted by Crippen LogP contribution is -2.32. The molecule has 0 aromatic carbocycles. The number of hydrogen-bond donors (Lipinski definition) is 1. The van der Waals surface area contributed by atoms with Crippen molar-refractivity contribution < 1.29 is 4.74 Å². The molecule has 1 N–H and O–H groups in total. The van der Waals surface area contributed by atoms with Crippen LogP contribution in [0.4, 0.5) is 0 Å². The first-order chi connectivity index (χ1) is 10.2. The summed E-state index contributed by atoms with van der Waals surface area (Å²) in [4.78, 5) is 0. The minimum atomic E-state index is 0.219. The van der Waals surface area contributed by atoms with Crippen molar-refractivity contribution >= 4 is 0 Å². The van der Waals surface area contributed by atoms with E-state index in [1.807, 2.05) is 6.20 Å². The Labute approximate surface area is 128 Å². The van der Waals surface area contributed by atoms with Crippen LogP contribution in [0.25, 0.3) is 0 Å². The Hall–Kier alpha value is -0.870. The lowest BCUT2D eigenvalue weighted by Gasteiger charge is -2.33. The summed E-state index contributed by atoms with van der Waals surface area (Å²) in [6, 6.07) is 0. The Balaban J connectivity index is 1.59. The van der Waals surface area contributed by atoms with Gasteiger partial charge in [0, 0.05) is 17.8 Å². The molecular weight excluding hydrogens is 262 g/mol. The van der Waals surface area contributed by atoms with Crippen LogP contribution in [0.1, 0.15) is 63.1 Å². The van der Waals surface area contributed by atoms with Crippen LogP contribution in [0.3, 0.4) is 0 Å². The zero-order chi connectivity index (χ0) is 14.7. The van der Waals surface area contributed by atoms with Crippen LogP contribution >= 0.6 is 0 Å². The summed E-state index contributed by atoms with van der Waals surface area (Å²) < 4.78 is 8.60. The molecule has 0 amide bonds. The second-order valence-corrected chi connectivity index (χ2v) is 6.74. The molecule has 21 heavy (non-hydrogen) atoms. The van der Waals surface area contributed by atoms with Crippen LogP contribution in [0, 0.1) is 6.92 Å². The molecule has 4 heteroatoms. The first kappa shape index (κ1) is 15.0. The average Bonchev–Trinajstić information content (AvgIpc) is 3.04. The smallest absolute Gasteiger partial charge is 0.0779 e. The normalized spacial score (nSPS) is 24.8. The molecule has 1 atom stereocenters. The number of nitrogens with one attached hydrogen (secondary N) is 1. The van der Waals surface area contributed by atoms with E-state index in [1.54, 1.807) is 0 Å². The fraction of sp³-hybridized carbons (Fsp3) is 0.824. The maximum atomic E-state index is 6.46. The van der Waals surface area contributed by atoms with Crippen LogP contribution in [-0.2, 0) is 17.8 Å². The van der Waals surface area contributed by atoms with E-state index in [0.29, 0.717) is 6.10 Å². The van der Waals surface area contributed by atoms with Crippen molar-refractivity contribution in [2.24, 2.45) is 0 Å². The van der Waals surface area contributed by atoms with E-state index in [2.05, 4.69) is 28.9 Å². The molecule has 3 rings (SSSR count). The highest BCUT2D eigenvalue weighted by atomic mass is 16.5. The zero-order valence-electron chi connectivity index (χ0n) is 13.5. The van der Waals surface area contributed by atoms with E-state index in [9.17, 15) is 0 Å². The van der Waals surface area contributed by atoms with Crippen molar-refractivity contribution in [3.8, 4) is 0 Å². The van der Waals surface area contributed by atoms with Gasteiger partial charge in [-0.1, -0.05) is 26.2 Å². The van der Waals surface area contributed by atoms with Crippen LogP contribution in [0.2, 0.25) is 0 Å². The molecule has 1 aromatic heterocycles. The fourth-order valence-electron chi connectivity index (χ4n) is 3.88. The molecule has 2 fully saturated rings. The Morgan fingerprint density at radius 1 is 1.33 bits per heavy atom. The van der Waals surface area contributed by atoms with Gasteiger partial charge in [-0.05, 0) is 39.2 Å². The number of aromatic nitrogens is 2. The van der Waals surface area contributed by atoms with Crippen LogP contribution in [0.5, 0.6) is 0 Å². The molecular formula is C17H29N3O. The largest absolute Gasteiger partial charge is 0.370 e. The van der Waals surface area contributed by atoms with Crippen LogP contribution in [-0.4, -0.2) is 28.0 Å². The summed E-state index contributed by atoms with van der Waals surface area (Å²) >= 11 is 0. The van der Waals surface area contributed by atoms with Crippen molar-refractivity contribution in [2.45, 2.75) is 83.6 Å². The third-order valence-corrected chi connectivity index (χ3v) is 5.25. The van der Waals surface area contributed by atoms with Gasteiger partial charge in [0.25, 0.3) is 0 Å². The Kier molecular flexibility index (Phi) is 4.65. The van der Waals surface area contributed by atoms with Crippen molar-refractivity contribution in [2.75, 3.05) is 6.54 Å². The zero-order valence-corrected chi connectivity index (χ0v) is 13.5. The highest BCUT2D eigenvalue weighted by Gasteiger charge is 2.40. The molecule has 2 heterocycles. The monoisotopic (exact) mass is 291 g/mol. The lowest BCUT2D eigenvalue weighted by atomic mass is 9.83. The van der Waals surface area contributed by atoms with Gasteiger partial charge in [-0.2, -0.15) is 5.10 Å². The summed E-state index contributed by atoms with van der Waals surface area (Å²) in [5, 5.41) is 7.94. The topological polar surface area (TPSA) is 39.1 Å². The third-order valence-electron chi connectivity index (χ3n) is 5.25. The molecule has 0 radical (unpaired) electrons. The van der Waals surface area contributed by atoms with Crippen LogP contribution < -0.4 is 5.32 Å². The van der Waals surface area contributed by atoms with Gasteiger partial charge in [0.2, 0.25) is 0 Å². The maximum absolute atomic E-state index is 6.46. The van der Waals surface area contributed by atoms with Gasteiger partial charge in [0.05, 0.1) is 24.4 Å². The predicted molar refractivity (Wildman–Crippen MR) is 84.3 cm³/mol. The molecule has 2 aliphatic rings. The second kappa shape index (κ2) is 6.49. The van der Waals surface area contributed by atoms with Gasteiger partial charge in [-0.15, -0.1) is 0 Å². The van der Waals surface area contributed by atoms with Crippen molar-refractivity contribution in [1.82, 2.24) is 15.1 Å². The van der Waals surface area contributed by atoms with Crippen LogP contribution in [0.15, 0.2) is 6.20 Å². The van der Waals surface area contributed by atoms with E-state index >= 15 is 0 Å². The van der Waals surface area contributed by atoms with E-state index in [1.165, 1.54) is 56.2 Å². The Morgan fingerprint density at radius 3 is 2.90 bits per heavy atom. The average molecular weight is 291 g/mol. The maximum Gasteiger partial charge on any atom is 0.0779 e. The summed E-state index contributed by atoms with van der Waals surface area (Å²) in [5.41, 5.74) is 2.81. The van der Waals surface area contributed by atoms with Gasteiger partial charge in [-0.25, -0.2) is 0 Å². The summed E-state index contributed by atoms with van der Waals surface area (Å²) in [6.07, 6.45) is 11.4. The summed E-state index contributed by atoms with van der Waals surface area (Å²) in [7, 11) is 0. The SMILES string of the molecule is CCNCc1cnn(CC2CCC3(CCCCC3)O2)c1C. The first-order valence-corrected chi connectivity index (χ1v) is 8.62. The number of ether oxygens (including phenoxy) is 1. The third kappa shape index (κ3) is 3.32. The molecule has 1 spiro atoms. The van der Waals surface area contributed by atoms with Gasteiger partial charge < -0.3 is 10.1 Å².